The highest BCUT2D eigenvalue weighted by Crippen LogP contribution is 2.34. The van der Waals surface area contributed by atoms with E-state index in [2.05, 4.69) is 0 Å². The molecule has 0 spiro atoms. The number of nitrogens with two attached hydrogens (primary N) is 1. The molecule has 1 saturated carbocycles. The fraction of sp³-hybridized carbons (Fsp3) is 0.647. The van der Waals surface area contributed by atoms with Gasteiger partial charge in [0.1, 0.15) is 0 Å². The third-order valence-electron chi connectivity index (χ3n) is 4.49. The molecule has 2 rings (SSSR count). The molecule has 1 aromatic rings. The summed E-state index contributed by atoms with van der Waals surface area (Å²) in [5.41, 5.74) is 6.77. The Bertz CT molecular complexity index is 472. The van der Waals surface area contributed by atoms with E-state index in [1.54, 1.807) is 19.1 Å². The van der Waals surface area contributed by atoms with E-state index in [1.165, 1.54) is 6.42 Å². The molecule has 0 bridgehead atoms. The van der Waals surface area contributed by atoms with Crippen molar-refractivity contribution in [3.63, 3.8) is 0 Å². The lowest BCUT2D eigenvalue weighted by Crippen LogP contribution is -2.37. The summed E-state index contributed by atoms with van der Waals surface area (Å²) < 4.78 is 33.8. The number of ether oxygens (including phenoxy) is 1. The van der Waals surface area contributed by atoms with Crippen LogP contribution >= 0.6 is 0 Å². The smallest absolute Gasteiger partial charge is 0.163 e. The summed E-state index contributed by atoms with van der Waals surface area (Å²) in [6, 6.07) is 2.55. The van der Waals surface area contributed by atoms with Crippen LogP contribution in [-0.4, -0.2) is 12.7 Å². The van der Waals surface area contributed by atoms with Gasteiger partial charge in [-0.05, 0) is 38.2 Å². The molecule has 0 aliphatic heterocycles. The van der Waals surface area contributed by atoms with Crippen molar-refractivity contribution in [3.05, 3.63) is 34.9 Å². The first kappa shape index (κ1) is 16.4. The zero-order chi connectivity index (χ0) is 15.4. The quantitative estimate of drug-likeness (QED) is 0.881. The van der Waals surface area contributed by atoms with Crippen molar-refractivity contribution < 1.29 is 13.5 Å². The van der Waals surface area contributed by atoms with Crippen LogP contribution in [0.2, 0.25) is 0 Å². The Morgan fingerprint density at radius 1 is 1.19 bits per heavy atom. The minimum Gasteiger partial charge on any atom is -0.376 e. The van der Waals surface area contributed by atoms with Gasteiger partial charge in [-0.2, -0.15) is 0 Å². The van der Waals surface area contributed by atoms with Gasteiger partial charge in [0.15, 0.2) is 11.6 Å². The molecule has 0 radical (unpaired) electrons. The van der Waals surface area contributed by atoms with Gasteiger partial charge in [-0.15, -0.1) is 0 Å². The van der Waals surface area contributed by atoms with E-state index in [0.717, 1.165) is 25.7 Å². The first-order chi connectivity index (χ1) is 10.1. The van der Waals surface area contributed by atoms with Gasteiger partial charge in [0.05, 0.1) is 12.1 Å². The maximum absolute atomic E-state index is 14.2. The Morgan fingerprint density at radius 3 is 2.48 bits per heavy atom. The van der Waals surface area contributed by atoms with Crippen LogP contribution in [0.5, 0.6) is 0 Å². The molecule has 1 fully saturated rings. The molecule has 0 amide bonds. The molecule has 118 valence electrons. The van der Waals surface area contributed by atoms with Crippen LogP contribution in [0, 0.1) is 24.5 Å². The summed E-state index contributed by atoms with van der Waals surface area (Å²) in [5.74, 6) is -1.30. The second kappa shape index (κ2) is 7.32. The van der Waals surface area contributed by atoms with Crippen LogP contribution in [0.25, 0.3) is 0 Å². The van der Waals surface area contributed by atoms with Gasteiger partial charge in [-0.25, -0.2) is 8.78 Å². The van der Waals surface area contributed by atoms with Crippen molar-refractivity contribution in [1.29, 1.82) is 0 Å². The third-order valence-corrected chi connectivity index (χ3v) is 4.49. The highest BCUT2D eigenvalue weighted by atomic mass is 19.2. The Labute approximate surface area is 125 Å². The molecule has 2 N–H and O–H groups in total. The molecule has 0 heterocycles. The fourth-order valence-electron chi connectivity index (χ4n) is 3.28. The molecule has 4 heteroatoms. The number of halogens is 2. The summed E-state index contributed by atoms with van der Waals surface area (Å²) in [4.78, 5) is 0. The van der Waals surface area contributed by atoms with Crippen LogP contribution in [0.1, 0.15) is 56.2 Å². The summed E-state index contributed by atoms with van der Waals surface area (Å²) in [6.45, 7) is 3.99. The van der Waals surface area contributed by atoms with Gasteiger partial charge in [0.25, 0.3) is 0 Å². The standard InChI is InChI=1S/C17H25F2NO/c1-3-21-17(12-7-5-4-6-8-12)16(20)13-10-9-11(2)14(18)15(13)19/h9-10,12,16-17H,3-8,20H2,1-2H3. The average Bonchev–Trinajstić information content (AvgIpc) is 2.51. The SMILES string of the molecule is CCOC(C1CCCCC1)C(N)c1ccc(C)c(F)c1F. The molecule has 0 saturated heterocycles. The minimum absolute atomic E-state index is 0.224. The van der Waals surface area contributed by atoms with E-state index in [4.69, 9.17) is 10.5 Å². The first-order valence-electron chi connectivity index (χ1n) is 7.88. The van der Waals surface area contributed by atoms with Crippen LogP contribution in [-0.2, 0) is 4.74 Å². The largest absolute Gasteiger partial charge is 0.376 e. The van der Waals surface area contributed by atoms with Crippen molar-refractivity contribution in [2.24, 2.45) is 11.7 Å². The van der Waals surface area contributed by atoms with Crippen LogP contribution in [0.4, 0.5) is 8.78 Å². The second-order valence-corrected chi connectivity index (χ2v) is 5.94. The lowest BCUT2D eigenvalue weighted by atomic mass is 9.81. The molecule has 1 aromatic carbocycles. The highest BCUT2D eigenvalue weighted by molar-refractivity contribution is 5.28. The van der Waals surface area contributed by atoms with Gasteiger partial charge in [0.2, 0.25) is 0 Å². The molecule has 21 heavy (non-hydrogen) atoms. The van der Waals surface area contributed by atoms with Crippen molar-refractivity contribution in [2.75, 3.05) is 6.61 Å². The van der Waals surface area contributed by atoms with Crippen molar-refractivity contribution in [3.8, 4) is 0 Å². The van der Waals surface area contributed by atoms with Gasteiger partial charge in [-0.1, -0.05) is 31.4 Å². The molecule has 1 aliphatic rings. The third kappa shape index (κ3) is 3.61. The predicted molar refractivity (Wildman–Crippen MR) is 80.0 cm³/mol. The summed E-state index contributed by atoms with van der Waals surface area (Å²) >= 11 is 0. The zero-order valence-corrected chi connectivity index (χ0v) is 12.9. The predicted octanol–water partition coefficient (Wildman–Crippen LogP) is 4.26. The Balaban J connectivity index is 2.25. The molecular weight excluding hydrogens is 272 g/mol. The highest BCUT2D eigenvalue weighted by Gasteiger charge is 2.32. The van der Waals surface area contributed by atoms with E-state index in [9.17, 15) is 8.78 Å². The van der Waals surface area contributed by atoms with E-state index >= 15 is 0 Å². The van der Waals surface area contributed by atoms with Crippen molar-refractivity contribution >= 4 is 0 Å². The number of benzene rings is 1. The number of rotatable bonds is 5. The normalized spacial score (nSPS) is 19.5. The second-order valence-electron chi connectivity index (χ2n) is 5.94. The monoisotopic (exact) mass is 297 g/mol. The van der Waals surface area contributed by atoms with E-state index in [-0.39, 0.29) is 11.7 Å². The maximum atomic E-state index is 14.2. The lowest BCUT2D eigenvalue weighted by Gasteiger charge is -2.34. The zero-order valence-electron chi connectivity index (χ0n) is 12.9. The Hall–Kier alpha value is -1.00. The first-order valence-corrected chi connectivity index (χ1v) is 7.88. The van der Waals surface area contributed by atoms with Crippen LogP contribution < -0.4 is 5.73 Å². The lowest BCUT2D eigenvalue weighted by molar-refractivity contribution is -0.0106. The molecule has 2 nitrogen and oxygen atoms in total. The van der Waals surface area contributed by atoms with E-state index < -0.39 is 17.7 Å². The molecule has 2 atom stereocenters. The Morgan fingerprint density at radius 2 is 1.86 bits per heavy atom. The number of aryl methyl sites for hydroxylation is 1. The van der Waals surface area contributed by atoms with Gasteiger partial charge in [0, 0.05) is 12.2 Å². The topological polar surface area (TPSA) is 35.2 Å². The van der Waals surface area contributed by atoms with Gasteiger partial charge < -0.3 is 10.5 Å². The Kier molecular flexibility index (Phi) is 5.71. The summed E-state index contributed by atoms with van der Waals surface area (Å²) in [6.07, 6.45) is 5.41. The number of hydrogen-bond donors (Lipinski definition) is 1. The average molecular weight is 297 g/mol. The summed E-state index contributed by atoms with van der Waals surface area (Å²) in [7, 11) is 0. The van der Waals surface area contributed by atoms with Crippen molar-refractivity contribution in [1.82, 2.24) is 0 Å². The molecule has 1 aliphatic carbocycles. The molecular formula is C17H25F2NO. The number of hydrogen-bond acceptors (Lipinski definition) is 2. The van der Waals surface area contributed by atoms with E-state index in [1.807, 2.05) is 6.92 Å². The van der Waals surface area contributed by atoms with Crippen LogP contribution in [0.15, 0.2) is 12.1 Å². The summed E-state index contributed by atoms with van der Waals surface area (Å²) in [5, 5.41) is 0. The van der Waals surface area contributed by atoms with E-state index in [0.29, 0.717) is 18.1 Å². The van der Waals surface area contributed by atoms with Gasteiger partial charge in [-0.3, -0.25) is 0 Å². The van der Waals surface area contributed by atoms with Crippen LogP contribution in [0.3, 0.4) is 0 Å². The van der Waals surface area contributed by atoms with Crippen molar-refractivity contribution in [2.45, 2.75) is 58.1 Å². The fourth-order valence-corrected chi connectivity index (χ4v) is 3.28. The molecule has 2 unspecified atom stereocenters. The van der Waals surface area contributed by atoms with Gasteiger partial charge >= 0.3 is 0 Å². The maximum Gasteiger partial charge on any atom is 0.163 e. The molecule has 0 aromatic heterocycles. The minimum atomic E-state index is -0.831.